The maximum absolute atomic E-state index is 12.6. The van der Waals surface area contributed by atoms with Crippen LogP contribution in [-0.4, -0.2) is 24.9 Å². The minimum Gasteiger partial charge on any atom is -0.341 e. The van der Waals surface area contributed by atoms with E-state index in [4.69, 9.17) is 0 Å². The quantitative estimate of drug-likeness (QED) is 0.745. The number of carbonyl (C=O) groups is 1. The van der Waals surface area contributed by atoms with Crippen molar-refractivity contribution in [1.82, 2.24) is 10.2 Å². The summed E-state index contributed by atoms with van der Waals surface area (Å²) in [5.74, 6) is 0.135. The van der Waals surface area contributed by atoms with Gasteiger partial charge in [-0.05, 0) is 34.5 Å². The Hall–Kier alpha value is -2.65. The molecule has 0 aliphatic carbocycles. The average molecular weight is 332 g/mol. The van der Waals surface area contributed by atoms with Crippen LogP contribution in [0, 0.1) is 0 Å². The van der Waals surface area contributed by atoms with Crippen molar-refractivity contribution in [1.29, 1.82) is 0 Å². The van der Waals surface area contributed by atoms with E-state index in [1.807, 2.05) is 38.4 Å². The van der Waals surface area contributed by atoms with Gasteiger partial charge in [0.2, 0.25) is 5.91 Å². The van der Waals surface area contributed by atoms with Crippen LogP contribution in [0.1, 0.15) is 16.7 Å². The van der Waals surface area contributed by atoms with Gasteiger partial charge in [0.05, 0.1) is 6.42 Å². The van der Waals surface area contributed by atoms with Crippen molar-refractivity contribution in [2.24, 2.45) is 0 Å². The van der Waals surface area contributed by atoms with Crippen LogP contribution in [0.25, 0.3) is 10.8 Å². The number of fused-ring (bicyclic) bond motifs is 1. The van der Waals surface area contributed by atoms with Crippen molar-refractivity contribution in [2.75, 3.05) is 14.1 Å². The predicted octanol–water partition coefficient (Wildman–Crippen LogP) is 3.76. The van der Waals surface area contributed by atoms with Gasteiger partial charge in [-0.25, -0.2) is 0 Å². The van der Waals surface area contributed by atoms with E-state index < -0.39 is 0 Å². The summed E-state index contributed by atoms with van der Waals surface area (Å²) in [5.41, 5.74) is 3.48. The van der Waals surface area contributed by atoms with Crippen LogP contribution >= 0.6 is 0 Å². The minimum atomic E-state index is 0.135. The lowest BCUT2D eigenvalue weighted by atomic mass is 10.0. The van der Waals surface area contributed by atoms with Gasteiger partial charge in [-0.2, -0.15) is 0 Å². The van der Waals surface area contributed by atoms with Crippen LogP contribution < -0.4 is 5.32 Å². The fourth-order valence-corrected chi connectivity index (χ4v) is 3.07. The zero-order valence-electron chi connectivity index (χ0n) is 14.8. The molecule has 0 aliphatic heterocycles. The summed E-state index contributed by atoms with van der Waals surface area (Å²) in [7, 11) is 3.81. The Morgan fingerprint density at radius 1 is 0.920 bits per heavy atom. The van der Waals surface area contributed by atoms with Crippen LogP contribution in [0.15, 0.2) is 66.7 Å². The Bertz CT molecular complexity index is 850. The second-order valence-corrected chi connectivity index (χ2v) is 6.41. The molecule has 128 valence electrons. The third-order valence-electron chi connectivity index (χ3n) is 4.47. The number of amides is 1. The number of benzene rings is 3. The zero-order valence-corrected chi connectivity index (χ0v) is 14.8. The first-order valence-electron chi connectivity index (χ1n) is 8.60. The predicted molar refractivity (Wildman–Crippen MR) is 103 cm³/mol. The molecule has 3 nitrogen and oxygen atoms in total. The fraction of sp³-hybridized carbons (Fsp3) is 0.227. The molecule has 3 aromatic carbocycles. The van der Waals surface area contributed by atoms with Gasteiger partial charge < -0.3 is 10.2 Å². The molecule has 0 heterocycles. The summed E-state index contributed by atoms with van der Waals surface area (Å²) >= 11 is 0. The Morgan fingerprint density at radius 3 is 2.36 bits per heavy atom. The van der Waals surface area contributed by atoms with E-state index in [2.05, 4.69) is 47.8 Å². The largest absolute Gasteiger partial charge is 0.341 e. The van der Waals surface area contributed by atoms with Crippen molar-refractivity contribution in [2.45, 2.75) is 19.5 Å². The zero-order chi connectivity index (χ0) is 17.6. The molecular weight excluding hydrogens is 308 g/mol. The van der Waals surface area contributed by atoms with E-state index >= 15 is 0 Å². The van der Waals surface area contributed by atoms with Crippen LogP contribution in [0.2, 0.25) is 0 Å². The van der Waals surface area contributed by atoms with Crippen molar-refractivity contribution >= 4 is 16.7 Å². The van der Waals surface area contributed by atoms with Gasteiger partial charge in [-0.15, -0.1) is 0 Å². The van der Waals surface area contributed by atoms with Crippen LogP contribution in [-0.2, 0) is 24.3 Å². The summed E-state index contributed by atoms with van der Waals surface area (Å²) in [6, 6.07) is 22.8. The highest BCUT2D eigenvalue weighted by Crippen LogP contribution is 2.19. The van der Waals surface area contributed by atoms with Gasteiger partial charge in [0.15, 0.2) is 0 Å². The summed E-state index contributed by atoms with van der Waals surface area (Å²) in [6.45, 7) is 1.49. The standard InChI is InChI=1S/C22H24N2O/c1-23-15-17-10-12-18(13-11-17)16-24(2)22(25)14-20-8-5-7-19-6-3-4-9-21(19)20/h3-13,23H,14-16H2,1-2H3. The second kappa shape index (κ2) is 7.95. The van der Waals surface area contributed by atoms with Crippen LogP contribution in [0.3, 0.4) is 0 Å². The first-order chi connectivity index (χ1) is 12.2. The number of carbonyl (C=O) groups excluding carboxylic acids is 1. The molecule has 3 rings (SSSR count). The van der Waals surface area contributed by atoms with Crippen molar-refractivity contribution in [3.05, 3.63) is 83.4 Å². The maximum Gasteiger partial charge on any atom is 0.227 e. The lowest BCUT2D eigenvalue weighted by molar-refractivity contribution is -0.129. The molecule has 1 amide bonds. The van der Waals surface area contributed by atoms with Gasteiger partial charge in [-0.3, -0.25) is 4.79 Å². The van der Waals surface area contributed by atoms with E-state index in [1.165, 1.54) is 10.9 Å². The summed E-state index contributed by atoms with van der Waals surface area (Å²) < 4.78 is 0. The normalized spacial score (nSPS) is 10.8. The number of hydrogen-bond acceptors (Lipinski definition) is 2. The van der Waals surface area contributed by atoms with Gasteiger partial charge in [0.1, 0.15) is 0 Å². The highest BCUT2D eigenvalue weighted by Gasteiger charge is 2.12. The highest BCUT2D eigenvalue weighted by molar-refractivity contribution is 5.90. The topological polar surface area (TPSA) is 32.3 Å². The molecule has 3 heteroatoms. The first-order valence-corrected chi connectivity index (χ1v) is 8.60. The second-order valence-electron chi connectivity index (χ2n) is 6.41. The number of likely N-dealkylation sites (N-methyl/N-ethyl adjacent to an activating group) is 1. The van der Waals surface area contributed by atoms with Gasteiger partial charge in [-0.1, -0.05) is 66.7 Å². The molecule has 0 saturated heterocycles. The monoisotopic (exact) mass is 332 g/mol. The minimum absolute atomic E-state index is 0.135. The molecule has 0 spiro atoms. The van der Waals surface area contributed by atoms with Gasteiger partial charge in [0, 0.05) is 20.1 Å². The molecule has 0 bridgehead atoms. The van der Waals surface area contributed by atoms with E-state index in [1.54, 1.807) is 4.90 Å². The third-order valence-corrected chi connectivity index (χ3v) is 4.47. The molecule has 0 fully saturated rings. The lowest BCUT2D eigenvalue weighted by Crippen LogP contribution is -2.27. The molecule has 0 atom stereocenters. The van der Waals surface area contributed by atoms with Gasteiger partial charge >= 0.3 is 0 Å². The van der Waals surface area contributed by atoms with Crippen molar-refractivity contribution in [3.8, 4) is 0 Å². The lowest BCUT2D eigenvalue weighted by Gasteiger charge is -2.18. The first kappa shape index (κ1) is 17.2. The highest BCUT2D eigenvalue weighted by atomic mass is 16.2. The fourth-order valence-electron chi connectivity index (χ4n) is 3.07. The molecule has 0 aliphatic rings. The maximum atomic E-state index is 12.6. The van der Waals surface area contributed by atoms with Crippen LogP contribution in [0.4, 0.5) is 0 Å². The number of rotatable bonds is 6. The Morgan fingerprint density at radius 2 is 1.60 bits per heavy atom. The van der Waals surface area contributed by atoms with E-state index in [9.17, 15) is 4.79 Å². The van der Waals surface area contributed by atoms with Crippen molar-refractivity contribution in [3.63, 3.8) is 0 Å². The third kappa shape index (κ3) is 4.25. The molecule has 25 heavy (non-hydrogen) atoms. The molecule has 1 N–H and O–H groups in total. The molecule has 0 aromatic heterocycles. The van der Waals surface area contributed by atoms with Crippen molar-refractivity contribution < 1.29 is 4.79 Å². The SMILES string of the molecule is CNCc1ccc(CN(C)C(=O)Cc2cccc3ccccc23)cc1. The molecule has 0 unspecified atom stereocenters. The molecule has 3 aromatic rings. The Labute approximate surface area is 149 Å². The molecular formula is C22H24N2O. The summed E-state index contributed by atoms with van der Waals surface area (Å²) in [5, 5.41) is 5.47. The van der Waals surface area contributed by atoms with E-state index in [0.29, 0.717) is 13.0 Å². The summed E-state index contributed by atoms with van der Waals surface area (Å²) in [4.78, 5) is 14.4. The summed E-state index contributed by atoms with van der Waals surface area (Å²) in [6.07, 6.45) is 0.426. The number of hydrogen-bond donors (Lipinski definition) is 1. The average Bonchev–Trinajstić information content (AvgIpc) is 2.64. The van der Waals surface area contributed by atoms with Crippen LogP contribution in [0.5, 0.6) is 0 Å². The van der Waals surface area contributed by atoms with E-state index in [-0.39, 0.29) is 5.91 Å². The number of nitrogens with one attached hydrogen (secondary N) is 1. The smallest absolute Gasteiger partial charge is 0.227 e. The molecule has 0 radical (unpaired) electrons. The van der Waals surface area contributed by atoms with Gasteiger partial charge in [0.25, 0.3) is 0 Å². The Kier molecular flexibility index (Phi) is 5.46. The van der Waals surface area contributed by atoms with E-state index in [0.717, 1.165) is 23.1 Å². The Balaban J connectivity index is 1.68. The number of nitrogens with zero attached hydrogens (tertiary/aromatic N) is 1. The molecule has 0 saturated carbocycles.